The van der Waals surface area contributed by atoms with Gasteiger partial charge in [0.15, 0.2) is 0 Å². The maximum absolute atomic E-state index is 10.3. The molecule has 10 aromatic rings. The number of nitriles is 2. The minimum atomic E-state index is -0.612. The van der Waals surface area contributed by atoms with Crippen LogP contribution in [0, 0.1) is 22.7 Å². The minimum absolute atomic E-state index is 0.611. The topological polar surface area (TPSA) is 54.1 Å². The van der Waals surface area contributed by atoms with Crippen LogP contribution in [0.5, 0.6) is 0 Å². The Hall–Kier alpha value is -8.70. The van der Waals surface area contributed by atoms with E-state index in [4.69, 9.17) is 0 Å². The van der Waals surface area contributed by atoms with Crippen LogP contribution in [0.4, 0.5) is 34.1 Å². The van der Waals surface area contributed by atoms with E-state index in [9.17, 15) is 10.5 Å². The Labute approximate surface area is 366 Å². The number of fused-ring (bicyclic) bond motifs is 14. The molecule has 63 heavy (non-hydrogen) atoms. The summed E-state index contributed by atoms with van der Waals surface area (Å²) in [6, 6.07) is 81.8. The molecule has 0 N–H and O–H groups in total. The molecule has 0 atom stereocenters. The maximum atomic E-state index is 10.3. The highest BCUT2D eigenvalue weighted by molar-refractivity contribution is 6.10. The summed E-state index contributed by atoms with van der Waals surface area (Å²) in [6.07, 6.45) is 0. The first-order valence-electron chi connectivity index (χ1n) is 21.2. The number of hydrogen-bond acceptors (Lipinski definition) is 4. The Morgan fingerprint density at radius 1 is 0.333 bits per heavy atom. The van der Waals surface area contributed by atoms with Crippen molar-refractivity contribution in [3.05, 3.63) is 252 Å². The Morgan fingerprint density at radius 3 is 1.17 bits per heavy atom. The number of benzene rings is 10. The Bertz CT molecular complexity index is 3320. The van der Waals surface area contributed by atoms with Crippen molar-refractivity contribution in [2.75, 3.05) is 9.80 Å². The molecule has 1 spiro atoms. The second-order valence-corrected chi connectivity index (χ2v) is 16.2. The van der Waals surface area contributed by atoms with E-state index in [2.05, 4.69) is 155 Å². The first-order chi connectivity index (χ1) is 31.2. The summed E-state index contributed by atoms with van der Waals surface area (Å²) in [5, 5.41) is 25.1. The van der Waals surface area contributed by atoms with Crippen molar-refractivity contribution in [1.82, 2.24) is 0 Å². The highest BCUT2D eigenvalue weighted by Crippen LogP contribution is 2.65. The quantitative estimate of drug-likeness (QED) is 0.168. The summed E-state index contributed by atoms with van der Waals surface area (Å²) in [5.74, 6) is 0. The van der Waals surface area contributed by atoms with Crippen molar-refractivity contribution in [2.24, 2.45) is 0 Å². The van der Waals surface area contributed by atoms with Crippen LogP contribution in [-0.4, -0.2) is 0 Å². The molecule has 4 nitrogen and oxygen atoms in total. The first kappa shape index (κ1) is 36.2. The molecule has 10 aromatic carbocycles. The smallest absolute Gasteiger partial charge is 0.101 e. The molecular formula is C59H36N4. The van der Waals surface area contributed by atoms with Crippen molar-refractivity contribution < 1.29 is 0 Å². The van der Waals surface area contributed by atoms with Gasteiger partial charge in [0.1, 0.15) is 12.1 Å². The van der Waals surface area contributed by atoms with Crippen LogP contribution in [0.15, 0.2) is 218 Å². The van der Waals surface area contributed by atoms with Crippen LogP contribution in [0.1, 0.15) is 33.4 Å². The van der Waals surface area contributed by atoms with Crippen molar-refractivity contribution >= 4 is 55.7 Å². The normalized spacial score (nSPS) is 12.5. The van der Waals surface area contributed by atoms with Gasteiger partial charge in [-0.2, -0.15) is 10.5 Å². The fourth-order valence-electron chi connectivity index (χ4n) is 10.6. The minimum Gasteiger partial charge on any atom is -0.309 e. The van der Waals surface area contributed by atoms with Gasteiger partial charge < -0.3 is 9.80 Å². The number of nitrogens with zero attached hydrogens (tertiary/aromatic N) is 4. The van der Waals surface area contributed by atoms with Gasteiger partial charge in [-0.3, -0.25) is 0 Å². The summed E-state index contributed by atoms with van der Waals surface area (Å²) < 4.78 is 0. The van der Waals surface area contributed by atoms with Crippen molar-refractivity contribution in [3.8, 4) is 34.4 Å². The van der Waals surface area contributed by atoms with Gasteiger partial charge in [0.25, 0.3) is 0 Å². The zero-order chi connectivity index (χ0) is 42.1. The van der Waals surface area contributed by atoms with Crippen LogP contribution in [0.25, 0.3) is 43.8 Å². The van der Waals surface area contributed by atoms with E-state index in [-0.39, 0.29) is 0 Å². The van der Waals surface area contributed by atoms with Gasteiger partial charge >= 0.3 is 0 Å². The summed E-state index contributed by atoms with van der Waals surface area (Å²) in [4.78, 5) is 4.38. The molecule has 12 rings (SSSR count). The van der Waals surface area contributed by atoms with Crippen molar-refractivity contribution in [2.45, 2.75) is 5.41 Å². The second-order valence-electron chi connectivity index (χ2n) is 16.2. The zero-order valence-corrected chi connectivity index (χ0v) is 34.1. The van der Waals surface area contributed by atoms with E-state index in [0.717, 1.165) is 44.9 Å². The SMILES string of the molecule is N#Cc1ccccc1N(c1ccccc1)c1ccc2c3c(ccc2c1)-c1ccc2cc(N(c4ccccc4)c4ccccc4C#N)ccc2c1C31c2ccccc2-c2ccccc21. The Morgan fingerprint density at radius 2 is 0.730 bits per heavy atom. The van der Waals surface area contributed by atoms with Crippen LogP contribution in [-0.2, 0) is 5.41 Å². The molecule has 0 amide bonds. The lowest BCUT2D eigenvalue weighted by molar-refractivity contribution is 0.809. The third-order valence-electron chi connectivity index (χ3n) is 13.1. The zero-order valence-electron chi connectivity index (χ0n) is 34.1. The molecule has 0 aromatic heterocycles. The van der Waals surface area contributed by atoms with E-state index in [1.165, 1.54) is 55.3 Å². The average Bonchev–Trinajstić information content (AvgIpc) is 3.82. The molecule has 0 unspecified atom stereocenters. The maximum Gasteiger partial charge on any atom is 0.101 e. The molecule has 0 saturated heterocycles. The van der Waals surface area contributed by atoms with Gasteiger partial charge in [-0.1, -0.05) is 146 Å². The molecule has 0 radical (unpaired) electrons. The second kappa shape index (κ2) is 14.2. The predicted molar refractivity (Wildman–Crippen MR) is 257 cm³/mol. The lowest BCUT2D eigenvalue weighted by Crippen LogP contribution is -2.26. The average molecular weight is 801 g/mol. The first-order valence-corrected chi connectivity index (χ1v) is 21.2. The number of hydrogen-bond donors (Lipinski definition) is 0. The summed E-state index contributed by atoms with van der Waals surface area (Å²) in [6.45, 7) is 0. The molecule has 0 aliphatic heterocycles. The molecular weight excluding hydrogens is 765 g/mol. The molecule has 2 aliphatic rings. The lowest BCUT2D eigenvalue weighted by Gasteiger charge is -2.33. The van der Waals surface area contributed by atoms with Crippen LogP contribution < -0.4 is 9.80 Å². The van der Waals surface area contributed by atoms with Gasteiger partial charge in [0.2, 0.25) is 0 Å². The Kier molecular flexibility index (Phi) is 8.16. The van der Waals surface area contributed by atoms with Gasteiger partial charge in [-0.25, -0.2) is 0 Å². The Balaban J connectivity index is 1.12. The highest BCUT2D eigenvalue weighted by Gasteiger charge is 2.53. The van der Waals surface area contributed by atoms with Gasteiger partial charge in [-0.15, -0.1) is 0 Å². The van der Waals surface area contributed by atoms with Gasteiger partial charge in [0, 0.05) is 22.7 Å². The predicted octanol–water partition coefficient (Wildman–Crippen LogP) is 15.0. The van der Waals surface area contributed by atoms with E-state index in [0.29, 0.717) is 11.1 Å². The van der Waals surface area contributed by atoms with Crippen LogP contribution >= 0.6 is 0 Å². The largest absolute Gasteiger partial charge is 0.309 e. The molecule has 2 aliphatic carbocycles. The van der Waals surface area contributed by atoms with Crippen LogP contribution in [0.2, 0.25) is 0 Å². The van der Waals surface area contributed by atoms with Gasteiger partial charge in [-0.05, 0) is 139 Å². The summed E-state index contributed by atoms with van der Waals surface area (Å²) in [7, 11) is 0. The lowest BCUT2D eigenvalue weighted by atomic mass is 9.68. The fraction of sp³-hybridized carbons (Fsp3) is 0.0169. The highest BCUT2D eigenvalue weighted by atomic mass is 15.1. The summed E-state index contributed by atoms with van der Waals surface area (Å²) >= 11 is 0. The van der Waals surface area contributed by atoms with E-state index in [1.807, 2.05) is 84.9 Å². The third-order valence-corrected chi connectivity index (χ3v) is 13.1. The number of para-hydroxylation sites is 4. The van der Waals surface area contributed by atoms with Crippen molar-refractivity contribution in [1.29, 1.82) is 10.5 Å². The molecule has 0 heterocycles. The molecule has 0 bridgehead atoms. The van der Waals surface area contributed by atoms with E-state index < -0.39 is 5.41 Å². The standard InChI is InChI=1S/C59H36N4/c60-37-41-15-7-13-25-55(41)62(43-17-3-1-4-18-43)45-29-33-47-39(35-45)27-31-51-52-32-28-40-36-46(63(44-19-5-2-6-20-44)56-26-14-8-16-42(56)38-61)30-34-48(40)58(52)59(57(47)51)53-23-11-9-21-49(53)50-22-10-12-24-54(50)59/h1-36H. The molecule has 4 heteroatoms. The molecule has 0 fully saturated rings. The van der Waals surface area contributed by atoms with Crippen molar-refractivity contribution in [3.63, 3.8) is 0 Å². The summed E-state index contributed by atoms with van der Waals surface area (Å²) in [5.41, 5.74) is 16.3. The molecule has 292 valence electrons. The molecule has 0 saturated carbocycles. The van der Waals surface area contributed by atoms with E-state index >= 15 is 0 Å². The van der Waals surface area contributed by atoms with Crippen LogP contribution in [0.3, 0.4) is 0 Å². The monoisotopic (exact) mass is 800 g/mol. The third kappa shape index (κ3) is 5.26. The number of rotatable bonds is 6. The van der Waals surface area contributed by atoms with E-state index in [1.54, 1.807) is 0 Å². The fourth-order valence-corrected chi connectivity index (χ4v) is 10.6. The van der Waals surface area contributed by atoms with Gasteiger partial charge in [0.05, 0.1) is 27.9 Å². The number of anilines is 6.